The van der Waals surface area contributed by atoms with Crippen LogP contribution >= 0.6 is 0 Å². The highest BCUT2D eigenvalue weighted by Gasteiger charge is 2.04. The Labute approximate surface area is 118 Å². The van der Waals surface area contributed by atoms with E-state index < -0.39 is 0 Å². The van der Waals surface area contributed by atoms with Gasteiger partial charge in [-0.1, -0.05) is 36.4 Å². The molecule has 0 aliphatic heterocycles. The second-order valence-corrected chi connectivity index (χ2v) is 4.55. The molecule has 0 radical (unpaired) electrons. The van der Waals surface area contributed by atoms with E-state index in [1.807, 2.05) is 42.6 Å². The Hall–Kier alpha value is -2.55. The molecular weight excluding hydrogens is 248 g/mol. The summed E-state index contributed by atoms with van der Waals surface area (Å²) in [7, 11) is 1.69. The van der Waals surface area contributed by atoms with E-state index in [2.05, 4.69) is 28.5 Å². The van der Waals surface area contributed by atoms with Crippen LogP contribution in [0.4, 0.5) is 5.69 Å². The molecule has 0 amide bonds. The van der Waals surface area contributed by atoms with Gasteiger partial charge in [0.1, 0.15) is 5.75 Å². The van der Waals surface area contributed by atoms with Crippen molar-refractivity contribution in [1.29, 1.82) is 0 Å². The van der Waals surface area contributed by atoms with Crippen molar-refractivity contribution in [2.24, 2.45) is 0 Å². The van der Waals surface area contributed by atoms with Crippen LogP contribution in [0.5, 0.6) is 5.75 Å². The van der Waals surface area contributed by atoms with Crippen LogP contribution < -0.4 is 10.1 Å². The Kier molecular flexibility index (Phi) is 3.50. The second-order valence-electron chi connectivity index (χ2n) is 4.55. The number of nitrogens with zero attached hydrogens (tertiary/aromatic N) is 1. The fraction of sp³-hybridized carbons (Fsp3) is 0.118. The van der Waals surface area contributed by atoms with Crippen LogP contribution in [0.25, 0.3) is 10.9 Å². The van der Waals surface area contributed by atoms with E-state index in [0.29, 0.717) is 6.54 Å². The number of benzene rings is 2. The Balaban J connectivity index is 1.87. The van der Waals surface area contributed by atoms with Gasteiger partial charge in [0, 0.05) is 23.7 Å². The first kappa shape index (κ1) is 12.5. The van der Waals surface area contributed by atoms with Gasteiger partial charge in [-0.3, -0.25) is 4.98 Å². The van der Waals surface area contributed by atoms with Gasteiger partial charge in [-0.25, -0.2) is 0 Å². The van der Waals surface area contributed by atoms with Gasteiger partial charge in [0.15, 0.2) is 0 Å². The molecule has 1 N–H and O–H groups in total. The number of pyridine rings is 1. The Bertz CT molecular complexity index is 720. The largest absolute Gasteiger partial charge is 0.496 e. The number of hydrogen-bond acceptors (Lipinski definition) is 3. The molecule has 0 aliphatic rings. The lowest BCUT2D eigenvalue weighted by Crippen LogP contribution is -2.02. The van der Waals surface area contributed by atoms with Crippen LogP contribution in [0.15, 0.2) is 60.8 Å². The molecule has 0 saturated carbocycles. The van der Waals surface area contributed by atoms with Crippen LogP contribution in [-0.4, -0.2) is 12.1 Å². The Morgan fingerprint density at radius 2 is 1.85 bits per heavy atom. The van der Waals surface area contributed by atoms with Gasteiger partial charge in [0.05, 0.1) is 18.3 Å². The van der Waals surface area contributed by atoms with Gasteiger partial charge < -0.3 is 10.1 Å². The standard InChI is InChI=1S/C17H16N2O/c1-20-16-10-3-2-6-14(16)12-19-15-9-4-7-13-8-5-11-18-17(13)15/h2-11,19H,12H2,1H3. The van der Waals surface area contributed by atoms with Gasteiger partial charge in [-0.05, 0) is 18.2 Å². The third-order valence-electron chi connectivity index (χ3n) is 3.29. The van der Waals surface area contributed by atoms with Crippen molar-refractivity contribution >= 4 is 16.6 Å². The topological polar surface area (TPSA) is 34.1 Å². The zero-order valence-corrected chi connectivity index (χ0v) is 11.3. The molecule has 0 atom stereocenters. The lowest BCUT2D eigenvalue weighted by molar-refractivity contribution is 0.410. The van der Waals surface area contributed by atoms with Crippen LogP contribution in [0.3, 0.4) is 0 Å². The van der Waals surface area contributed by atoms with Crippen LogP contribution in [-0.2, 0) is 6.54 Å². The highest BCUT2D eigenvalue weighted by Crippen LogP contribution is 2.23. The number of fused-ring (bicyclic) bond motifs is 1. The zero-order valence-electron chi connectivity index (χ0n) is 11.3. The molecule has 0 saturated heterocycles. The van der Waals surface area contributed by atoms with E-state index in [9.17, 15) is 0 Å². The monoisotopic (exact) mass is 264 g/mol. The van der Waals surface area contributed by atoms with E-state index in [4.69, 9.17) is 4.74 Å². The summed E-state index contributed by atoms with van der Waals surface area (Å²) in [5, 5.41) is 4.57. The maximum absolute atomic E-state index is 5.37. The lowest BCUT2D eigenvalue weighted by atomic mass is 10.1. The van der Waals surface area contributed by atoms with E-state index in [-0.39, 0.29) is 0 Å². The first-order chi connectivity index (χ1) is 9.88. The van der Waals surface area contributed by atoms with Crippen molar-refractivity contribution in [3.8, 4) is 5.75 Å². The number of anilines is 1. The minimum Gasteiger partial charge on any atom is -0.496 e. The minimum absolute atomic E-state index is 0.708. The van der Waals surface area contributed by atoms with E-state index in [1.165, 1.54) is 0 Å². The van der Waals surface area contributed by atoms with Gasteiger partial charge in [-0.15, -0.1) is 0 Å². The maximum atomic E-state index is 5.37. The van der Waals surface area contributed by atoms with Gasteiger partial charge in [-0.2, -0.15) is 0 Å². The molecule has 20 heavy (non-hydrogen) atoms. The molecule has 3 rings (SSSR count). The van der Waals surface area contributed by atoms with Crippen molar-refractivity contribution in [3.63, 3.8) is 0 Å². The van der Waals surface area contributed by atoms with Crippen LogP contribution in [0.2, 0.25) is 0 Å². The summed E-state index contributed by atoms with van der Waals surface area (Å²) in [5.74, 6) is 0.896. The summed E-state index contributed by atoms with van der Waals surface area (Å²) in [6, 6.07) is 18.2. The number of rotatable bonds is 4. The molecule has 0 bridgehead atoms. The molecule has 3 aromatic rings. The zero-order chi connectivity index (χ0) is 13.8. The fourth-order valence-corrected chi connectivity index (χ4v) is 2.29. The number of ether oxygens (including phenoxy) is 1. The third kappa shape index (κ3) is 2.43. The molecule has 3 nitrogen and oxygen atoms in total. The molecule has 1 heterocycles. The smallest absolute Gasteiger partial charge is 0.123 e. The number of aromatic nitrogens is 1. The summed E-state index contributed by atoms with van der Waals surface area (Å²) in [4.78, 5) is 4.44. The molecule has 100 valence electrons. The maximum Gasteiger partial charge on any atom is 0.123 e. The Morgan fingerprint density at radius 3 is 2.75 bits per heavy atom. The number of nitrogens with one attached hydrogen (secondary N) is 1. The molecule has 1 aromatic heterocycles. The predicted molar refractivity (Wildman–Crippen MR) is 82.1 cm³/mol. The molecule has 0 unspecified atom stereocenters. The highest BCUT2D eigenvalue weighted by molar-refractivity contribution is 5.90. The number of para-hydroxylation sites is 2. The average Bonchev–Trinajstić information content (AvgIpc) is 2.53. The Morgan fingerprint density at radius 1 is 1.00 bits per heavy atom. The molecule has 2 aromatic carbocycles. The number of methoxy groups -OCH3 is 1. The number of hydrogen-bond donors (Lipinski definition) is 1. The van der Waals surface area contributed by atoms with Crippen molar-refractivity contribution in [2.75, 3.05) is 12.4 Å². The van der Waals surface area contributed by atoms with Crippen molar-refractivity contribution in [1.82, 2.24) is 4.98 Å². The molecule has 3 heteroatoms. The highest BCUT2D eigenvalue weighted by atomic mass is 16.5. The first-order valence-corrected chi connectivity index (χ1v) is 6.58. The molecular formula is C17H16N2O. The van der Waals surface area contributed by atoms with Gasteiger partial charge in [0.25, 0.3) is 0 Å². The predicted octanol–water partition coefficient (Wildman–Crippen LogP) is 3.86. The summed E-state index contributed by atoms with van der Waals surface area (Å²) in [5.41, 5.74) is 3.15. The molecule has 0 fully saturated rings. The minimum atomic E-state index is 0.708. The van der Waals surface area contributed by atoms with Crippen molar-refractivity contribution in [2.45, 2.75) is 6.54 Å². The first-order valence-electron chi connectivity index (χ1n) is 6.58. The summed E-state index contributed by atoms with van der Waals surface area (Å²) < 4.78 is 5.37. The second kappa shape index (κ2) is 5.61. The van der Waals surface area contributed by atoms with Crippen molar-refractivity contribution in [3.05, 3.63) is 66.4 Å². The SMILES string of the molecule is COc1ccccc1CNc1cccc2cccnc12. The van der Waals surface area contributed by atoms with E-state index in [0.717, 1.165) is 27.9 Å². The summed E-state index contributed by atoms with van der Waals surface area (Å²) in [6.45, 7) is 0.708. The van der Waals surface area contributed by atoms with Crippen LogP contribution in [0, 0.1) is 0 Å². The molecule has 0 spiro atoms. The van der Waals surface area contributed by atoms with Crippen LogP contribution in [0.1, 0.15) is 5.56 Å². The normalized spacial score (nSPS) is 10.4. The third-order valence-corrected chi connectivity index (χ3v) is 3.29. The quantitative estimate of drug-likeness (QED) is 0.777. The van der Waals surface area contributed by atoms with E-state index in [1.54, 1.807) is 7.11 Å². The molecule has 0 aliphatic carbocycles. The van der Waals surface area contributed by atoms with Crippen molar-refractivity contribution < 1.29 is 4.74 Å². The average molecular weight is 264 g/mol. The van der Waals surface area contributed by atoms with E-state index >= 15 is 0 Å². The lowest BCUT2D eigenvalue weighted by Gasteiger charge is -2.11. The summed E-state index contributed by atoms with van der Waals surface area (Å²) in [6.07, 6.45) is 1.82. The summed E-state index contributed by atoms with van der Waals surface area (Å²) >= 11 is 0. The van der Waals surface area contributed by atoms with Gasteiger partial charge in [0.2, 0.25) is 0 Å². The fourth-order valence-electron chi connectivity index (χ4n) is 2.29. The van der Waals surface area contributed by atoms with Gasteiger partial charge >= 0.3 is 0 Å².